The summed E-state index contributed by atoms with van der Waals surface area (Å²) in [5.41, 5.74) is 8.07. The van der Waals surface area contributed by atoms with E-state index in [2.05, 4.69) is 9.97 Å². The van der Waals surface area contributed by atoms with Gasteiger partial charge in [0.1, 0.15) is 5.76 Å². The number of oxazole rings is 1. The summed E-state index contributed by atoms with van der Waals surface area (Å²) in [7, 11) is 0. The first kappa shape index (κ1) is 14.1. The van der Waals surface area contributed by atoms with Crippen LogP contribution < -0.4 is 10.5 Å². The molecular formula is C17H17N3O2. The fraction of sp³-hybridized carbons (Fsp3) is 0.176. The number of ether oxygens (including phenoxy) is 1. The molecule has 0 aliphatic carbocycles. The van der Waals surface area contributed by atoms with Crippen LogP contribution in [0.25, 0.3) is 11.5 Å². The monoisotopic (exact) mass is 295 g/mol. The molecule has 3 rings (SSSR count). The fourth-order valence-electron chi connectivity index (χ4n) is 2.09. The van der Waals surface area contributed by atoms with Crippen LogP contribution in [0.2, 0.25) is 0 Å². The highest BCUT2D eigenvalue weighted by Crippen LogP contribution is 2.21. The van der Waals surface area contributed by atoms with Crippen molar-refractivity contribution in [1.29, 1.82) is 0 Å². The lowest BCUT2D eigenvalue weighted by molar-refractivity contribution is 0.308. The van der Waals surface area contributed by atoms with E-state index in [-0.39, 0.29) is 0 Å². The number of nitrogens with two attached hydrogens (primary N) is 1. The Morgan fingerprint density at radius 3 is 2.68 bits per heavy atom. The molecule has 1 aromatic carbocycles. The van der Waals surface area contributed by atoms with Crippen molar-refractivity contribution < 1.29 is 9.15 Å². The summed E-state index contributed by atoms with van der Waals surface area (Å²) in [5.74, 6) is 2.00. The van der Waals surface area contributed by atoms with Gasteiger partial charge in [-0.25, -0.2) is 9.97 Å². The van der Waals surface area contributed by atoms with E-state index in [0.29, 0.717) is 30.5 Å². The molecule has 3 aromatic rings. The Morgan fingerprint density at radius 1 is 1.14 bits per heavy atom. The zero-order chi connectivity index (χ0) is 15.4. The Labute approximate surface area is 128 Å². The molecular weight excluding hydrogens is 278 g/mol. The van der Waals surface area contributed by atoms with Crippen molar-refractivity contribution in [3.63, 3.8) is 0 Å². The average Bonchev–Trinajstić information content (AvgIpc) is 2.91. The molecule has 2 aromatic heterocycles. The molecule has 5 nitrogen and oxygen atoms in total. The van der Waals surface area contributed by atoms with Gasteiger partial charge in [0.05, 0.1) is 24.2 Å². The summed E-state index contributed by atoms with van der Waals surface area (Å²) < 4.78 is 11.3. The molecule has 112 valence electrons. The Bertz CT molecular complexity index is 736. The third-order valence-electron chi connectivity index (χ3n) is 3.26. The molecule has 0 bridgehead atoms. The van der Waals surface area contributed by atoms with Crippen molar-refractivity contribution >= 4 is 5.69 Å². The topological polar surface area (TPSA) is 74.2 Å². The van der Waals surface area contributed by atoms with Crippen LogP contribution in [-0.4, -0.2) is 16.6 Å². The Hall–Kier alpha value is -2.82. The van der Waals surface area contributed by atoms with Gasteiger partial charge in [-0.15, -0.1) is 0 Å². The Balaban J connectivity index is 1.63. The molecule has 0 unspecified atom stereocenters. The maximum atomic E-state index is 5.72. The maximum Gasteiger partial charge on any atom is 0.226 e. The number of benzene rings is 1. The fourth-order valence-corrected chi connectivity index (χ4v) is 2.09. The van der Waals surface area contributed by atoms with Crippen molar-refractivity contribution in [2.24, 2.45) is 0 Å². The van der Waals surface area contributed by atoms with E-state index in [1.165, 1.54) is 0 Å². The van der Waals surface area contributed by atoms with E-state index in [1.807, 2.05) is 37.3 Å². The number of aromatic nitrogens is 2. The van der Waals surface area contributed by atoms with E-state index in [4.69, 9.17) is 14.9 Å². The summed E-state index contributed by atoms with van der Waals surface area (Å²) in [6.45, 7) is 2.40. The third-order valence-corrected chi connectivity index (χ3v) is 3.26. The summed E-state index contributed by atoms with van der Waals surface area (Å²) in [4.78, 5) is 8.63. The molecule has 0 saturated heterocycles. The summed E-state index contributed by atoms with van der Waals surface area (Å²) in [6.07, 6.45) is 2.23. The lowest BCUT2D eigenvalue weighted by atomic mass is 10.2. The number of pyridine rings is 1. The van der Waals surface area contributed by atoms with E-state index in [9.17, 15) is 0 Å². The van der Waals surface area contributed by atoms with Crippen LogP contribution in [0.5, 0.6) is 5.88 Å². The number of nitrogens with zero attached hydrogens (tertiary/aromatic N) is 2. The van der Waals surface area contributed by atoms with Gasteiger partial charge in [0.25, 0.3) is 0 Å². The number of aryl methyl sites for hydroxylation is 1. The Morgan fingerprint density at radius 2 is 1.95 bits per heavy atom. The molecule has 0 radical (unpaired) electrons. The van der Waals surface area contributed by atoms with Gasteiger partial charge in [0.2, 0.25) is 11.8 Å². The number of rotatable bonds is 5. The summed E-state index contributed by atoms with van der Waals surface area (Å²) in [5, 5.41) is 0. The number of nitrogen functional groups attached to an aromatic ring is 1. The Kier molecular flexibility index (Phi) is 4.05. The first-order valence-electron chi connectivity index (χ1n) is 7.08. The van der Waals surface area contributed by atoms with Crippen molar-refractivity contribution in [3.8, 4) is 17.3 Å². The minimum Gasteiger partial charge on any atom is -0.477 e. The molecule has 2 heterocycles. The molecule has 2 N–H and O–H groups in total. The van der Waals surface area contributed by atoms with Gasteiger partial charge in [0.15, 0.2) is 0 Å². The largest absolute Gasteiger partial charge is 0.477 e. The van der Waals surface area contributed by atoms with Gasteiger partial charge >= 0.3 is 0 Å². The van der Waals surface area contributed by atoms with Crippen LogP contribution in [-0.2, 0) is 6.42 Å². The van der Waals surface area contributed by atoms with Gasteiger partial charge in [0, 0.05) is 18.1 Å². The van der Waals surface area contributed by atoms with Crippen molar-refractivity contribution in [3.05, 3.63) is 60.1 Å². The van der Waals surface area contributed by atoms with Crippen LogP contribution in [0.1, 0.15) is 11.5 Å². The highest BCUT2D eigenvalue weighted by Gasteiger charge is 2.11. The van der Waals surface area contributed by atoms with Gasteiger partial charge in [-0.05, 0) is 25.1 Å². The second-order valence-corrected chi connectivity index (χ2v) is 4.92. The van der Waals surface area contributed by atoms with Crippen LogP contribution in [0.4, 0.5) is 5.69 Å². The summed E-state index contributed by atoms with van der Waals surface area (Å²) >= 11 is 0. The minimum atomic E-state index is 0.485. The molecule has 0 aliphatic heterocycles. The zero-order valence-electron chi connectivity index (χ0n) is 12.3. The van der Waals surface area contributed by atoms with Gasteiger partial charge in [-0.2, -0.15) is 0 Å². The highest BCUT2D eigenvalue weighted by molar-refractivity contribution is 5.53. The van der Waals surface area contributed by atoms with E-state index < -0.39 is 0 Å². The second kappa shape index (κ2) is 6.30. The van der Waals surface area contributed by atoms with Crippen molar-refractivity contribution in [2.45, 2.75) is 13.3 Å². The standard InChI is InChI=1S/C17H17N3O2/c1-12-15(9-10-21-16-8-7-14(18)11-19-16)20-17(22-12)13-5-3-2-4-6-13/h2-8,11H,9-10,18H2,1H3. The molecule has 22 heavy (non-hydrogen) atoms. The lowest BCUT2D eigenvalue weighted by Crippen LogP contribution is -2.04. The number of hydrogen-bond acceptors (Lipinski definition) is 5. The first-order chi connectivity index (χ1) is 10.7. The van der Waals surface area contributed by atoms with E-state index >= 15 is 0 Å². The van der Waals surface area contributed by atoms with Crippen LogP contribution in [0.15, 0.2) is 53.1 Å². The van der Waals surface area contributed by atoms with Crippen molar-refractivity contribution in [1.82, 2.24) is 9.97 Å². The van der Waals surface area contributed by atoms with Gasteiger partial charge in [-0.1, -0.05) is 18.2 Å². The molecule has 0 saturated carbocycles. The molecule has 0 atom stereocenters. The second-order valence-electron chi connectivity index (χ2n) is 4.92. The molecule has 0 fully saturated rings. The van der Waals surface area contributed by atoms with Crippen LogP contribution >= 0.6 is 0 Å². The summed E-state index contributed by atoms with van der Waals surface area (Å²) in [6, 6.07) is 13.4. The lowest BCUT2D eigenvalue weighted by Gasteiger charge is -2.03. The van der Waals surface area contributed by atoms with Crippen LogP contribution in [0.3, 0.4) is 0 Å². The van der Waals surface area contributed by atoms with Gasteiger partial charge in [-0.3, -0.25) is 0 Å². The minimum absolute atomic E-state index is 0.485. The predicted molar refractivity (Wildman–Crippen MR) is 84.5 cm³/mol. The predicted octanol–water partition coefficient (Wildman–Crippen LogP) is 3.25. The SMILES string of the molecule is Cc1oc(-c2ccccc2)nc1CCOc1ccc(N)cn1. The average molecular weight is 295 g/mol. The van der Waals surface area contributed by atoms with E-state index in [1.54, 1.807) is 18.3 Å². The number of hydrogen-bond donors (Lipinski definition) is 1. The van der Waals surface area contributed by atoms with Gasteiger partial charge < -0.3 is 14.9 Å². The molecule has 5 heteroatoms. The molecule has 0 amide bonds. The number of anilines is 1. The van der Waals surface area contributed by atoms with E-state index in [0.717, 1.165) is 17.0 Å². The zero-order valence-corrected chi connectivity index (χ0v) is 12.3. The molecule has 0 spiro atoms. The third kappa shape index (κ3) is 3.25. The van der Waals surface area contributed by atoms with Crippen LogP contribution in [0, 0.1) is 6.92 Å². The highest BCUT2D eigenvalue weighted by atomic mass is 16.5. The first-order valence-corrected chi connectivity index (χ1v) is 7.08. The van der Waals surface area contributed by atoms with Crippen molar-refractivity contribution in [2.75, 3.05) is 12.3 Å². The molecule has 0 aliphatic rings. The quantitative estimate of drug-likeness (QED) is 0.782. The maximum absolute atomic E-state index is 5.72. The normalized spacial score (nSPS) is 10.6. The smallest absolute Gasteiger partial charge is 0.226 e.